The highest BCUT2D eigenvalue weighted by Crippen LogP contribution is 2.27. The Bertz CT molecular complexity index is 596. The van der Waals surface area contributed by atoms with E-state index in [-0.39, 0.29) is 11.7 Å². The van der Waals surface area contributed by atoms with Crippen molar-refractivity contribution in [2.24, 2.45) is 0 Å². The quantitative estimate of drug-likeness (QED) is 0.878. The zero-order valence-corrected chi connectivity index (χ0v) is 11.2. The van der Waals surface area contributed by atoms with E-state index in [1.807, 2.05) is 42.3 Å². The molecule has 0 aliphatic carbocycles. The summed E-state index contributed by atoms with van der Waals surface area (Å²) in [6.07, 6.45) is 0. The second kappa shape index (κ2) is 5.71. The number of fused-ring (bicyclic) bond motifs is 1. The molecule has 0 unspecified atom stereocenters. The third-order valence-corrected chi connectivity index (χ3v) is 3.14. The van der Waals surface area contributed by atoms with Gasteiger partial charge >= 0.3 is 0 Å². The van der Waals surface area contributed by atoms with E-state index in [1.165, 1.54) is 0 Å². The molecule has 0 fully saturated rings. The molecule has 0 aliphatic rings. The van der Waals surface area contributed by atoms with Crippen LogP contribution in [0.2, 0.25) is 0 Å². The largest absolute Gasteiger partial charge is 0.508 e. The Kier molecular flexibility index (Phi) is 4.02. The Morgan fingerprint density at radius 1 is 1.26 bits per heavy atom. The van der Waals surface area contributed by atoms with Gasteiger partial charge in [0.1, 0.15) is 5.75 Å². The summed E-state index contributed by atoms with van der Waals surface area (Å²) >= 11 is 0. The van der Waals surface area contributed by atoms with Gasteiger partial charge in [-0.15, -0.1) is 0 Å². The Balaban J connectivity index is 2.29. The first kappa shape index (κ1) is 13.4. The molecule has 0 heterocycles. The van der Waals surface area contributed by atoms with Crippen LogP contribution in [-0.4, -0.2) is 36.6 Å². The molecule has 0 aliphatic heterocycles. The van der Waals surface area contributed by atoms with Gasteiger partial charge in [0.15, 0.2) is 0 Å². The van der Waals surface area contributed by atoms with Gasteiger partial charge in [0.05, 0.1) is 6.54 Å². The van der Waals surface area contributed by atoms with Crippen molar-refractivity contribution in [2.45, 2.75) is 6.54 Å². The van der Waals surface area contributed by atoms with E-state index in [4.69, 9.17) is 0 Å². The van der Waals surface area contributed by atoms with Crippen molar-refractivity contribution in [1.29, 1.82) is 0 Å². The number of nitrogens with one attached hydrogen (secondary N) is 1. The van der Waals surface area contributed by atoms with Crippen LogP contribution in [0.15, 0.2) is 36.4 Å². The van der Waals surface area contributed by atoms with E-state index in [2.05, 4.69) is 5.32 Å². The standard InChI is InChI=1S/C15H18N2O2/c1-16-15(19)10-17(2)9-13-12-6-4-3-5-11(12)7-8-14(13)18/h3-8,18H,9-10H2,1-2H3,(H,16,19). The van der Waals surface area contributed by atoms with E-state index in [9.17, 15) is 9.90 Å². The average molecular weight is 258 g/mol. The van der Waals surface area contributed by atoms with Crippen molar-refractivity contribution in [1.82, 2.24) is 10.2 Å². The molecule has 2 aromatic carbocycles. The molecular formula is C15H18N2O2. The molecule has 0 radical (unpaired) electrons. The summed E-state index contributed by atoms with van der Waals surface area (Å²) in [5.41, 5.74) is 0.851. The minimum atomic E-state index is -0.0396. The molecule has 0 bridgehead atoms. The molecule has 1 amide bonds. The van der Waals surface area contributed by atoms with Gasteiger partial charge in [-0.3, -0.25) is 9.69 Å². The third kappa shape index (κ3) is 3.03. The van der Waals surface area contributed by atoms with E-state index >= 15 is 0 Å². The molecule has 0 atom stereocenters. The number of rotatable bonds is 4. The van der Waals surface area contributed by atoms with Crippen LogP contribution < -0.4 is 5.32 Å². The van der Waals surface area contributed by atoms with Gasteiger partial charge in [-0.05, 0) is 23.9 Å². The maximum Gasteiger partial charge on any atom is 0.233 e. The summed E-state index contributed by atoms with van der Waals surface area (Å²) in [7, 11) is 3.47. The van der Waals surface area contributed by atoms with Crippen molar-refractivity contribution < 1.29 is 9.90 Å². The van der Waals surface area contributed by atoms with Crippen molar-refractivity contribution in [3.8, 4) is 5.75 Å². The van der Waals surface area contributed by atoms with E-state index in [1.54, 1.807) is 13.1 Å². The number of benzene rings is 2. The Morgan fingerprint density at radius 2 is 2.00 bits per heavy atom. The predicted molar refractivity (Wildman–Crippen MR) is 76.0 cm³/mol. The first-order valence-electron chi connectivity index (χ1n) is 6.20. The fourth-order valence-electron chi connectivity index (χ4n) is 2.14. The number of carbonyl (C=O) groups is 1. The van der Waals surface area contributed by atoms with Gasteiger partial charge in [0.25, 0.3) is 0 Å². The van der Waals surface area contributed by atoms with Gasteiger partial charge in [0, 0.05) is 19.2 Å². The van der Waals surface area contributed by atoms with Gasteiger partial charge in [0.2, 0.25) is 5.91 Å². The average Bonchev–Trinajstić information content (AvgIpc) is 2.42. The van der Waals surface area contributed by atoms with Gasteiger partial charge in [-0.1, -0.05) is 30.3 Å². The van der Waals surface area contributed by atoms with Crippen LogP contribution in [0.25, 0.3) is 10.8 Å². The van der Waals surface area contributed by atoms with Gasteiger partial charge in [-0.2, -0.15) is 0 Å². The number of carbonyl (C=O) groups excluding carboxylic acids is 1. The summed E-state index contributed by atoms with van der Waals surface area (Å²) < 4.78 is 0. The summed E-state index contributed by atoms with van der Waals surface area (Å²) in [6, 6.07) is 11.5. The minimum Gasteiger partial charge on any atom is -0.508 e. The summed E-state index contributed by atoms with van der Waals surface area (Å²) in [5.74, 6) is 0.227. The highest BCUT2D eigenvalue weighted by molar-refractivity contribution is 5.87. The SMILES string of the molecule is CNC(=O)CN(C)Cc1c(O)ccc2ccccc12. The predicted octanol–water partition coefficient (Wildman–Crippen LogP) is 1.72. The minimum absolute atomic E-state index is 0.0396. The van der Waals surface area contributed by atoms with E-state index in [0.717, 1.165) is 16.3 Å². The maximum absolute atomic E-state index is 11.3. The first-order valence-corrected chi connectivity index (χ1v) is 6.20. The van der Waals surface area contributed by atoms with Crippen LogP contribution >= 0.6 is 0 Å². The lowest BCUT2D eigenvalue weighted by Crippen LogP contribution is -2.32. The Labute approximate surface area is 112 Å². The number of phenols is 1. The molecular weight excluding hydrogens is 240 g/mol. The molecule has 4 heteroatoms. The van der Waals surface area contributed by atoms with E-state index < -0.39 is 0 Å². The zero-order chi connectivity index (χ0) is 13.8. The lowest BCUT2D eigenvalue weighted by Gasteiger charge is -2.18. The second-order valence-corrected chi connectivity index (χ2v) is 4.63. The normalized spacial score (nSPS) is 10.9. The third-order valence-electron chi connectivity index (χ3n) is 3.14. The van der Waals surface area contributed by atoms with Crippen LogP contribution in [-0.2, 0) is 11.3 Å². The number of amides is 1. The molecule has 100 valence electrons. The molecule has 0 saturated carbocycles. The van der Waals surface area contributed by atoms with Crippen LogP contribution in [0.5, 0.6) is 5.75 Å². The topological polar surface area (TPSA) is 52.6 Å². The lowest BCUT2D eigenvalue weighted by atomic mass is 10.0. The highest BCUT2D eigenvalue weighted by Gasteiger charge is 2.11. The molecule has 2 N–H and O–H groups in total. The molecule has 19 heavy (non-hydrogen) atoms. The van der Waals surface area contributed by atoms with Gasteiger partial charge in [-0.25, -0.2) is 0 Å². The van der Waals surface area contributed by atoms with Crippen LogP contribution in [0.4, 0.5) is 0 Å². The number of aromatic hydroxyl groups is 1. The molecule has 2 aromatic rings. The molecule has 0 spiro atoms. The fraction of sp³-hybridized carbons (Fsp3) is 0.267. The number of hydrogen-bond donors (Lipinski definition) is 2. The molecule has 2 rings (SSSR count). The summed E-state index contributed by atoms with van der Waals surface area (Å²) in [4.78, 5) is 13.2. The fourth-order valence-corrected chi connectivity index (χ4v) is 2.14. The highest BCUT2D eigenvalue weighted by atomic mass is 16.3. The summed E-state index contributed by atoms with van der Waals surface area (Å²) in [6.45, 7) is 0.833. The monoisotopic (exact) mass is 258 g/mol. The Hall–Kier alpha value is -2.07. The van der Waals surface area contributed by atoms with Crippen LogP contribution in [0.3, 0.4) is 0 Å². The van der Waals surface area contributed by atoms with Crippen molar-refractivity contribution >= 4 is 16.7 Å². The van der Waals surface area contributed by atoms with E-state index in [0.29, 0.717) is 13.1 Å². The number of likely N-dealkylation sites (N-methyl/N-ethyl adjacent to an activating group) is 2. The number of phenolic OH excluding ortho intramolecular Hbond substituents is 1. The Morgan fingerprint density at radius 3 is 2.74 bits per heavy atom. The lowest BCUT2D eigenvalue weighted by molar-refractivity contribution is -0.121. The zero-order valence-electron chi connectivity index (χ0n) is 11.2. The molecule has 0 aromatic heterocycles. The molecule has 4 nitrogen and oxygen atoms in total. The second-order valence-electron chi connectivity index (χ2n) is 4.63. The van der Waals surface area contributed by atoms with Crippen molar-refractivity contribution in [2.75, 3.05) is 20.6 Å². The van der Waals surface area contributed by atoms with Crippen molar-refractivity contribution in [3.05, 3.63) is 42.0 Å². The van der Waals surface area contributed by atoms with Crippen molar-refractivity contribution in [3.63, 3.8) is 0 Å². The van der Waals surface area contributed by atoms with Crippen LogP contribution in [0.1, 0.15) is 5.56 Å². The first-order chi connectivity index (χ1) is 9.11. The summed E-state index contributed by atoms with van der Waals surface area (Å²) in [5, 5.41) is 14.7. The smallest absolute Gasteiger partial charge is 0.233 e. The molecule has 0 saturated heterocycles. The number of hydrogen-bond acceptors (Lipinski definition) is 3. The number of nitrogens with zero attached hydrogens (tertiary/aromatic N) is 1. The van der Waals surface area contributed by atoms with Gasteiger partial charge < -0.3 is 10.4 Å². The van der Waals surface area contributed by atoms with Crippen LogP contribution in [0, 0.1) is 0 Å². The maximum atomic E-state index is 11.3.